The molecule has 3 nitrogen and oxygen atoms in total. The summed E-state index contributed by atoms with van der Waals surface area (Å²) in [6.45, 7) is 7.87. The number of nitrogens with one attached hydrogen (secondary N) is 1. The van der Waals surface area contributed by atoms with E-state index in [9.17, 15) is 5.11 Å². The highest BCUT2D eigenvalue weighted by Gasteiger charge is 2.27. The molecule has 0 spiro atoms. The van der Waals surface area contributed by atoms with Gasteiger partial charge in [0.05, 0.1) is 12.7 Å². The summed E-state index contributed by atoms with van der Waals surface area (Å²) in [5.41, 5.74) is 1.39. The van der Waals surface area contributed by atoms with E-state index in [1.807, 2.05) is 6.07 Å². The van der Waals surface area contributed by atoms with Gasteiger partial charge in [0.25, 0.3) is 0 Å². The quantitative estimate of drug-likeness (QED) is 0.758. The topological polar surface area (TPSA) is 41.5 Å². The summed E-state index contributed by atoms with van der Waals surface area (Å²) >= 11 is 0. The van der Waals surface area contributed by atoms with Gasteiger partial charge in [0.1, 0.15) is 0 Å². The molecule has 0 bridgehead atoms. The second-order valence-electron chi connectivity index (χ2n) is 5.66. The Kier molecular flexibility index (Phi) is 6.49. The zero-order chi connectivity index (χ0) is 14.3. The van der Waals surface area contributed by atoms with Crippen LogP contribution in [0.1, 0.15) is 32.8 Å². The minimum atomic E-state index is -0.385. The summed E-state index contributed by atoms with van der Waals surface area (Å²) in [6.07, 6.45) is 0.327. The van der Waals surface area contributed by atoms with Gasteiger partial charge in [0, 0.05) is 18.6 Å². The molecule has 2 unspecified atom stereocenters. The molecule has 3 heteroatoms. The molecular formula is C16H27NO2. The summed E-state index contributed by atoms with van der Waals surface area (Å²) in [6, 6.07) is 10.9. The minimum absolute atomic E-state index is 0.0630. The number of hydrogen-bond acceptors (Lipinski definition) is 3. The smallest absolute Gasteiger partial charge is 0.0785 e. The van der Waals surface area contributed by atoms with Crippen LogP contribution in [-0.2, 0) is 10.2 Å². The first-order valence-corrected chi connectivity index (χ1v) is 6.94. The van der Waals surface area contributed by atoms with Gasteiger partial charge in [-0.15, -0.1) is 0 Å². The summed E-state index contributed by atoms with van der Waals surface area (Å²) < 4.78 is 4.92. The Bertz CT molecular complexity index is 351. The van der Waals surface area contributed by atoms with Crippen molar-refractivity contribution in [1.29, 1.82) is 0 Å². The first-order chi connectivity index (χ1) is 8.98. The fourth-order valence-electron chi connectivity index (χ4n) is 2.12. The Morgan fingerprint density at radius 1 is 1.26 bits per heavy atom. The number of aliphatic hydroxyl groups excluding tert-OH is 1. The van der Waals surface area contributed by atoms with E-state index in [1.165, 1.54) is 5.56 Å². The lowest BCUT2D eigenvalue weighted by Gasteiger charge is -2.33. The van der Waals surface area contributed by atoms with E-state index < -0.39 is 0 Å². The lowest BCUT2D eigenvalue weighted by molar-refractivity contribution is 0.0586. The molecule has 0 saturated carbocycles. The van der Waals surface area contributed by atoms with Crippen LogP contribution in [0, 0.1) is 0 Å². The maximum Gasteiger partial charge on any atom is 0.0785 e. The maximum atomic E-state index is 9.62. The lowest BCUT2D eigenvalue weighted by Crippen LogP contribution is -2.43. The normalized spacial score (nSPS) is 15.2. The molecule has 0 radical (unpaired) electrons. The molecule has 1 aromatic carbocycles. The summed E-state index contributed by atoms with van der Waals surface area (Å²) in [7, 11) is 1.61. The Morgan fingerprint density at radius 3 is 2.47 bits per heavy atom. The van der Waals surface area contributed by atoms with Crippen molar-refractivity contribution in [2.75, 3.05) is 20.3 Å². The number of benzene rings is 1. The standard InChI is InChI=1S/C16H27NO2/c1-13(17-11-10-15(18)12-19-4)16(2,3)14-8-6-5-7-9-14/h5-9,13,15,17-18H,10-12H2,1-4H3. The number of rotatable bonds is 8. The highest BCUT2D eigenvalue weighted by molar-refractivity contribution is 5.25. The van der Waals surface area contributed by atoms with Crippen LogP contribution in [0.4, 0.5) is 0 Å². The first kappa shape index (κ1) is 16.2. The van der Waals surface area contributed by atoms with Gasteiger partial charge in [-0.1, -0.05) is 44.2 Å². The monoisotopic (exact) mass is 265 g/mol. The lowest BCUT2D eigenvalue weighted by atomic mass is 9.78. The molecule has 2 atom stereocenters. The Labute approximate surface area is 117 Å². The SMILES string of the molecule is COCC(O)CCNC(C)C(C)(C)c1ccccc1. The van der Waals surface area contributed by atoms with Crippen LogP contribution >= 0.6 is 0 Å². The van der Waals surface area contributed by atoms with E-state index in [2.05, 4.69) is 50.4 Å². The zero-order valence-electron chi connectivity index (χ0n) is 12.5. The molecule has 0 aromatic heterocycles. The first-order valence-electron chi connectivity index (χ1n) is 6.94. The fraction of sp³-hybridized carbons (Fsp3) is 0.625. The maximum absolute atomic E-state index is 9.62. The van der Waals surface area contributed by atoms with Crippen molar-refractivity contribution in [1.82, 2.24) is 5.32 Å². The third-order valence-corrected chi connectivity index (χ3v) is 3.89. The Hall–Kier alpha value is -0.900. The summed E-state index contributed by atoms with van der Waals surface area (Å²) in [5, 5.41) is 13.1. The van der Waals surface area contributed by atoms with Crippen LogP contribution in [0.15, 0.2) is 30.3 Å². The van der Waals surface area contributed by atoms with Gasteiger partial charge in [0.2, 0.25) is 0 Å². The van der Waals surface area contributed by atoms with Crippen LogP contribution in [0.2, 0.25) is 0 Å². The minimum Gasteiger partial charge on any atom is -0.391 e. The molecule has 0 fully saturated rings. The van der Waals surface area contributed by atoms with E-state index in [0.29, 0.717) is 19.1 Å². The summed E-state index contributed by atoms with van der Waals surface area (Å²) in [5.74, 6) is 0. The number of methoxy groups -OCH3 is 1. The van der Waals surface area contributed by atoms with Crippen molar-refractivity contribution in [2.45, 2.75) is 44.8 Å². The Balaban J connectivity index is 2.46. The van der Waals surface area contributed by atoms with Gasteiger partial charge in [0.15, 0.2) is 0 Å². The molecular weight excluding hydrogens is 238 g/mol. The van der Waals surface area contributed by atoms with Crippen LogP contribution < -0.4 is 5.32 Å². The van der Waals surface area contributed by atoms with E-state index in [1.54, 1.807) is 7.11 Å². The van der Waals surface area contributed by atoms with Gasteiger partial charge in [-0.05, 0) is 25.5 Å². The largest absolute Gasteiger partial charge is 0.391 e. The molecule has 19 heavy (non-hydrogen) atoms. The average Bonchev–Trinajstić information content (AvgIpc) is 2.40. The van der Waals surface area contributed by atoms with Gasteiger partial charge < -0.3 is 15.2 Å². The number of hydrogen-bond donors (Lipinski definition) is 2. The molecule has 0 heterocycles. The third-order valence-electron chi connectivity index (χ3n) is 3.89. The van der Waals surface area contributed by atoms with Crippen molar-refractivity contribution in [3.63, 3.8) is 0 Å². The van der Waals surface area contributed by atoms with Gasteiger partial charge >= 0.3 is 0 Å². The number of aliphatic hydroxyl groups is 1. The second-order valence-corrected chi connectivity index (χ2v) is 5.66. The van der Waals surface area contributed by atoms with E-state index in [4.69, 9.17) is 4.74 Å². The van der Waals surface area contributed by atoms with Crippen LogP contribution in [0.25, 0.3) is 0 Å². The van der Waals surface area contributed by atoms with Gasteiger partial charge in [-0.3, -0.25) is 0 Å². The molecule has 0 amide bonds. The molecule has 0 aliphatic carbocycles. The predicted octanol–water partition coefficient (Wildman–Crippen LogP) is 2.34. The van der Waals surface area contributed by atoms with Crippen molar-refractivity contribution < 1.29 is 9.84 Å². The average molecular weight is 265 g/mol. The summed E-state index contributed by atoms with van der Waals surface area (Å²) in [4.78, 5) is 0. The van der Waals surface area contributed by atoms with E-state index >= 15 is 0 Å². The Morgan fingerprint density at radius 2 is 1.89 bits per heavy atom. The van der Waals surface area contributed by atoms with Crippen molar-refractivity contribution in [2.24, 2.45) is 0 Å². The molecule has 1 aromatic rings. The second kappa shape index (κ2) is 7.63. The van der Waals surface area contributed by atoms with Crippen LogP contribution in [0.5, 0.6) is 0 Å². The zero-order valence-corrected chi connectivity index (χ0v) is 12.5. The van der Waals surface area contributed by atoms with Gasteiger partial charge in [-0.25, -0.2) is 0 Å². The van der Waals surface area contributed by atoms with Crippen molar-refractivity contribution in [3.8, 4) is 0 Å². The van der Waals surface area contributed by atoms with E-state index in [-0.39, 0.29) is 11.5 Å². The molecule has 108 valence electrons. The highest BCUT2D eigenvalue weighted by Crippen LogP contribution is 2.26. The van der Waals surface area contributed by atoms with Crippen molar-refractivity contribution in [3.05, 3.63) is 35.9 Å². The number of ether oxygens (including phenoxy) is 1. The molecule has 0 aliphatic rings. The fourth-order valence-corrected chi connectivity index (χ4v) is 2.12. The van der Waals surface area contributed by atoms with Gasteiger partial charge in [-0.2, -0.15) is 0 Å². The molecule has 2 N–H and O–H groups in total. The van der Waals surface area contributed by atoms with Crippen molar-refractivity contribution >= 4 is 0 Å². The molecule has 0 aliphatic heterocycles. The molecule has 1 rings (SSSR count). The van der Waals surface area contributed by atoms with Crippen LogP contribution in [-0.4, -0.2) is 37.5 Å². The van der Waals surface area contributed by atoms with E-state index in [0.717, 1.165) is 6.54 Å². The third kappa shape index (κ3) is 4.94. The molecule has 0 saturated heterocycles. The van der Waals surface area contributed by atoms with Crippen LogP contribution in [0.3, 0.4) is 0 Å². The highest BCUT2D eigenvalue weighted by atomic mass is 16.5. The predicted molar refractivity (Wildman–Crippen MR) is 79.4 cm³/mol.